The Balaban J connectivity index is 1.70. The Morgan fingerprint density at radius 3 is 2.57 bits per heavy atom. The number of esters is 1. The number of rotatable bonds is 3. The van der Waals surface area contributed by atoms with Gasteiger partial charge in [-0.25, -0.2) is 10.6 Å². The van der Waals surface area contributed by atoms with E-state index in [4.69, 9.17) is 10.6 Å². The minimum Gasteiger partial charge on any atom is -0.465 e. The van der Waals surface area contributed by atoms with Crippen molar-refractivity contribution < 1.29 is 14.3 Å². The van der Waals surface area contributed by atoms with E-state index in [9.17, 15) is 9.59 Å². The number of benzene rings is 2. The number of carbonyl (C=O) groups is 2. The number of aryl methyl sites for hydroxylation is 2. The summed E-state index contributed by atoms with van der Waals surface area (Å²) >= 11 is 0. The van der Waals surface area contributed by atoms with Gasteiger partial charge in [-0.1, -0.05) is 43.5 Å². The van der Waals surface area contributed by atoms with E-state index in [1.54, 1.807) is 0 Å². The summed E-state index contributed by atoms with van der Waals surface area (Å²) in [7, 11) is 1.42. The molecule has 4 aromatic rings. The zero-order chi connectivity index (χ0) is 24.1. The summed E-state index contributed by atoms with van der Waals surface area (Å²) in [5.41, 5.74) is 9.36. The molecule has 3 N–H and O–H groups in total. The minimum absolute atomic E-state index is 0.275. The second-order valence-corrected chi connectivity index (χ2v) is 9.72. The van der Waals surface area contributed by atoms with Gasteiger partial charge in [0.15, 0.2) is 0 Å². The number of nitrogen functional groups attached to an aromatic ring is 1. The highest BCUT2D eigenvalue weighted by molar-refractivity contribution is 6.06. The molecular weight excluding hydrogens is 440 g/mol. The molecule has 0 saturated heterocycles. The molecule has 1 aliphatic heterocycles. The Morgan fingerprint density at radius 2 is 1.80 bits per heavy atom. The summed E-state index contributed by atoms with van der Waals surface area (Å²) in [4.78, 5) is 25.0. The molecule has 2 aromatic carbocycles. The molecule has 1 amide bonds. The average Bonchev–Trinajstić information content (AvgIpc) is 3.42. The second-order valence-electron chi connectivity index (χ2n) is 9.72. The fourth-order valence-electron chi connectivity index (χ4n) is 6.35. The molecule has 1 saturated carbocycles. The monoisotopic (exact) mass is 470 g/mol. The van der Waals surface area contributed by atoms with Gasteiger partial charge < -0.3 is 13.9 Å². The largest absolute Gasteiger partial charge is 0.465 e. The fraction of sp³-hybridized carbons (Fsp3) is 0.357. The lowest BCUT2D eigenvalue weighted by molar-refractivity contribution is 0.0600. The molecule has 1 fully saturated rings. The van der Waals surface area contributed by atoms with E-state index in [2.05, 4.69) is 38.8 Å². The minimum atomic E-state index is -0.319. The average molecular weight is 471 g/mol. The Kier molecular flexibility index (Phi) is 5.37. The number of nitrogens with zero attached hydrogens (tertiary/aromatic N) is 2. The number of carbonyl (C=O) groups excluding carboxylic acids is 2. The zero-order valence-electron chi connectivity index (χ0n) is 20.0. The van der Waals surface area contributed by atoms with Crippen LogP contribution in [0.15, 0.2) is 42.5 Å². The number of nitrogens with two attached hydrogens (primary N) is 1. The number of ether oxygens (including phenoxy) is 1. The molecule has 2 aliphatic rings. The molecule has 2 aromatic heterocycles. The van der Waals surface area contributed by atoms with Gasteiger partial charge in [0.2, 0.25) is 0 Å². The number of para-hydroxylation sites is 1. The standard InChI is InChI=1S/C28H30N4O3/c1-35-28(34)19-11-12-20-22(16-19)31-13-6-14-32-23(27(33)30-29)15-18-9-5-10-21(25(18)32)26(31)24(20)17-7-3-2-4-8-17/h5,9-12,15-17H,2-4,6-8,13-14,29H2,1H3,(H,30,33). The molecule has 0 radical (unpaired) electrons. The van der Waals surface area contributed by atoms with Crippen molar-refractivity contribution in [3.63, 3.8) is 0 Å². The second kappa shape index (κ2) is 8.57. The molecule has 35 heavy (non-hydrogen) atoms. The van der Waals surface area contributed by atoms with E-state index in [0.717, 1.165) is 34.9 Å². The SMILES string of the molecule is COC(=O)c1ccc2c(C3CCCCC3)c3n(c2c1)CCCn1c(C(=O)NN)cc2cccc-3c21. The molecule has 0 atom stereocenters. The van der Waals surface area contributed by atoms with Crippen molar-refractivity contribution in [3.05, 3.63) is 59.3 Å². The highest BCUT2D eigenvalue weighted by atomic mass is 16.5. The quantitative estimate of drug-likeness (QED) is 0.189. The van der Waals surface area contributed by atoms with Crippen LogP contribution >= 0.6 is 0 Å². The van der Waals surface area contributed by atoms with Gasteiger partial charge >= 0.3 is 5.97 Å². The van der Waals surface area contributed by atoms with Crippen LogP contribution in [0.1, 0.15) is 70.9 Å². The van der Waals surface area contributed by atoms with Crippen LogP contribution in [0.25, 0.3) is 33.1 Å². The Bertz CT molecular complexity index is 1470. The third-order valence-electron chi connectivity index (χ3n) is 7.84. The van der Waals surface area contributed by atoms with E-state index in [1.807, 2.05) is 18.2 Å². The molecule has 3 heterocycles. The molecule has 7 nitrogen and oxygen atoms in total. The van der Waals surface area contributed by atoms with Crippen LogP contribution in [0.2, 0.25) is 0 Å². The highest BCUT2D eigenvalue weighted by Crippen LogP contribution is 2.46. The normalized spacial score (nSPS) is 16.1. The predicted octanol–water partition coefficient (Wildman–Crippen LogP) is 5.10. The van der Waals surface area contributed by atoms with Crippen molar-refractivity contribution in [2.75, 3.05) is 7.11 Å². The summed E-state index contributed by atoms with van der Waals surface area (Å²) in [6.45, 7) is 1.50. The molecule has 7 heteroatoms. The maximum absolute atomic E-state index is 12.6. The van der Waals surface area contributed by atoms with Gasteiger partial charge in [0, 0.05) is 34.9 Å². The third-order valence-corrected chi connectivity index (χ3v) is 7.84. The number of hydrogen-bond acceptors (Lipinski definition) is 4. The van der Waals surface area contributed by atoms with Crippen LogP contribution in [0, 0.1) is 0 Å². The highest BCUT2D eigenvalue weighted by Gasteiger charge is 2.30. The van der Waals surface area contributed by atoms with Gasteiger partial charge in [0.25, 0.3) is 5.91 Å². The number of amides is 1. The maximum Gasteiger partial charge on any atom is 0.337 e. The van der Waals surface area contributed by atoms with Gasteiger partial charge in [0.05, 0.1) is 23.9 Å². The summed E-state index contributed by atoms with van der Waals surface area (Å²) in [5, 5.41) is 2.25. The Hall–Kier alpha value is -3.58. The van der Waals surface area contributed by atoms with Gasteiger partial charge in [0.1, 0.15) is 5.69 Å². The number of fused-ring (bicyclic) bond motifs is 4. The molecule has 180 valence electrons. The lowest BCUT2D eigenvalue weighted by Gasteiger charge is -2.25. The van der Waals surface area contributed by atoms with Crippen molar-refractivity contribution in [1.29, 1.82) is 0 Å². The van der Waals surface area contributed by atoms with E-state index < -0.39 is 0 Å². The number of hydrogen-bond donors (Lipinski definition) is 2. The van der Waals surface area contributed by atoms with Crippen LogP contribution in [-0.2, 0) is 17.8 Å². The zero-order valence-corrected chi connectivity index (χ0v) is 20.0. The number of aromatic nitrogens is 2. The predicted molar refractivity (Wildman–Crippen MR) is 136 cm³/mol. The van der Waals surface area contributed by atoms with Crippen molar-refractivity contribution in [2.45, 2.75) is 57.5 Å². The summed E-state index contributed by atoms with van der Waals surface area (Å²) in [6, 6.07) is 14.2. The first-order valence-electron chi connectivity index (χ1n) is 12.5. The van der Waals surface area contributed by atoms with Crippen molar-refractivity contribution in [1.82, 2.24) is 14.6 Å². The topological polar surface area (TPSA) is 91.3 Å². The summed E-state index contributed by atoms with van der Waals surface area (Å²) in [6.07, 6.45) is 6.95. The van der Waals surface area contributed by atoms with E-state index >= 15 is 0 Å². The molecule has 6 rings (SSSR count). The molecule has 1 aliphatic carbocycles. The molecular formula is C28H30N4O3. The number of nitrogens with one attached hydrogen (secondary N) is 1. The lowest BCUT2D eigenvalue weighted by atomic mass is 9.81. The van der Waals surface area contributed by atoms with Gasteiger partial charge in [-0.05, 0) is 48.9 Å². The van der Waals surface area contributed by atoms with E-state index in [-0.39, 0.29) is 11.9 Å². The Morgan fingerprint density at radius 1 is 1.00 bits per heavy atom. The summed E-state index contributed by atoms with van der Waals surface area (Å²) in [5.74, 6) is 5.40. The molecule has 0 unspecified atom stereocenters. The molecule has 0 bridgehead atoms. The van der Waals surface area contributed by atoms with Gasteiger partial charge in [-0.3, -0.25) is 10.2 Å². The molecule has 0 spiro atoms. The smallest absolute Gasteiger partial charge is 0.337 e. The van der Waals surface area contributed by atoms with Crippen LogP contribution in [-0.4, -0.2) is 28.1 Å². The number of hydrazine groups is 1. The maximum atomic E-state index is 12.6. The number of methoxy groups -OCH3 is 1. The van der Waals surface area contributed by atoms with E-state index in [1.165, 1.54) is 55.9 Å². The lowest BCUT2D eigenvalue weighted by Crippen LogP contribution is -2.32. The van der Waals surface area contributed by atoms with Crippen molar-refractivity contribution in [3.8, 4) is 11.3 Å². The van der Waals surface area contributed by atoms with Crippen LogP contribution in [0.4, 0.5) is 0 Å². The van der Waals surface area contributed by atoms with Crippen LogP contribution in [0.3, 0.4) is 0 Å². The van der Waals surface area contributed by atoms with Crippen molar-refractivity contribution in [2.24, 2.45) is 5.84 Å². The third kappa shape index (κ3) is 3.37. The first-order valence-corrected chi connectivity index (χ1v) is 12.5. The first-order chi connectivity index (χ1) is 17.1. The van der Waals surface area contributed by atoms with Crippen LogP contribution in [0.5, 0.6) is 0 Å². The van der Waals surface area contributed by atoms with E-state index in [0.29, 0.717) is 23.7 Å². The Labute approximate surface area is 203 Å². The van der Waals surface area contributed by atoms with Gasteiger partial charge in [-0.15, -0.1) is 0 Å². The van der Waals surface area contributed by atoms with Crippen molar-refractivity contribution >= 4 is 33.7 Å². The summed E-state index contributed by atoms with van der Waals surface area (Å²) < 4.78 is 9.55. The van der Waals surface area contributed by atoms with Crippen LogP contribution < -0.4 is 11.3 Å². The first kappa shape index (κ1) is 21.9. The fourth-order valence-corrected chi connectivity index (χ4v) is 6.35. The van der Waals surface area contributed by atoms with Gasteiger partial charge in [-0.2, -0.15) is 0 Å².